The Labute approximate surface area is 162 Å². The first-order valence-corrected chi connectivity index (χ1v) is 9.67. The number of aryl methyl sites for hydroxylation is 1. The molecule has 1 heterocycles. The summed E-state index contributed by atoms with van der Waals surface area (Å²) < 4.78 is 5.58. The van der Waals surface area contributed by atoms with Gasteiger partial charge in [0, 0.05) is 37.9 Å². The summed E-state index contributed by atoms with van der Waals surface area (Å²) >= 11 is 0. The van der Waals surface area contributed by atoms with Crippen LogP contribution in [0.2, 0.25) is 0 Å². The molecule has 3 rings (SSSR count). The van der Waals surface area contributed by atoms with E-state index in [0.29, 0.717) is 0 Å². The van der Waals surface area contributed by atoms with Gasteiger partial charge in [-0.05, 0) is 54.8 Å². The van der Waals surface area contributed by atoms with Crippen LogP contribution < -0.4 is 9.64 Å². The normalized spacial score (nSPS) is 14.6. The minimum Gasteiger partial charge on any atom is -0.494 e. The van der Waals surface area contributed by atoms with Crippen LogP contribution in [0.25, 0.3) is 6.08 Å². The molecule has 0 atom stereocenters. The highest BCUT2D eigenvalue weighted by atomic mass is 16.5. The van der Waals surface area contributed by atoms with Crippen molar-refractivity contribution in [2.24, 2.45) is 0 Å². The second-order valence-corrected chi connectivity index (χ2v) is 6.90. The molecule has 1 aliphatic rings. The Kier molecular flexibility index (Phi) is 6.53. The molecule has 1 amide bonds. The van der Waals surface area contributed by atoms with E-state index in [0.717, 1.165) is 50.5 Å². The summed E-state index contributed by atoms with van der Waals surface area (Å²) in [6, 6.07) is 16.4. The predicted octanol–water partition coefficient (Wildman–Crippen LogP) is 4.15. The van der Waals surface area contributed by atoms with Gasteiger partial charge >= 0.3 is 0 Å². The van der Waals surface area contributed by atoms with Crippen LogP contribution in [0.5, 0.6) is 5.75 Å². The molecule has 0 N–H and O–H groups in total. The summed E-state index contributed by atoms with van der Waals surface area (Å²) in [5.41, 5.74) is 3.51. The van der Waals surface area contributed by atoms with Gasteiger partial charge in [0.15, 0.2) is 0 Å². The molecule has 0 radical (unpaired) electrons. The lowest BCUT2D eigenvalue weighted by Crippen LogP contribution is -2.48. The maximum Gasteiger partial charge on any atom is 0.246 e. The minimum atomic E-state index is 0.0743. The minimum absolute atomic E-state index is 0.0743. The fourth-order valence-electron chi connectivity index (χ4n) is 3.18. The zero-order valence-electron chi connectivity index (χ0n) is 16.2. The number of rotatable bonds is 6. The zero-order chi connectivity index (χ0) is 19.1. The van der Waals surface area contributed by atoms with Crippen LogP contribution in [0.15, 0.2) is 54.6 Å². The average Bonchev–Trinajstić information content (AvgIpc) is 2.71. The van der Waals surface area contributed by atoms with Crippen molar-refractivity contribution in [3.05, 3.63) is 65.7 Å². The molecule has 0 unspecified atom stereocenters. The lowest BCUT2D eigenvalue weighted by atomic mass is 10.2. The van der Waals surface area contributed by atoms with Crippen LogP contribution >= 0.6 is 0 Å². The molecule has 0 aliphatic carbocycles. The molecule has 0 spiro atoms. The van der Waals surface area contributed by atoms with Gasteiger partial charge < -0.3 is 14.5 Å². The Hall–Kier alpha value is -2.75. The first-order valence-electron chi connectivity index (χ1n) is 9.67. The Balaban J connectivity index is 1.51. The highest BCUT2D eigenvalue weighted by molar-refractivity contribution is 5.92. The fourth-order valence-corrected chi connectivity index (χ4v) is 3.18. The summed E-state index contributed by atoms with van der Waals surface area (Å²) in [7, 11) is 0. The van der Waals surface area contributed by atoms with E-state index in [2.05, 4.69) is 43.0 Å². The Morgan fingerprint density at radius 3 is 2.48 bits per heavy atom. The quantitative estimate of drug-likeness (QED) is 0.722. The van der Waals surface area contributed by atoms with Crippen molar-refractivity contribution in [2.75, 3.05) is 37.7 Å². The van der Waals surface area contributed by atoms with Crippen molar-refractivity contribution < 1.29 is 9.53 Å². The summed E-state index contributed by atoms with van der Waals surface area (Å²) in [4.78, 5) is 16.7. The molecule has 27 heavy (non-hydrogen) atoms. The van der Waals surface area contributed by atoms with Gasteiger partial charge in [-0.2, -0.15) is 0 Å². The summed E-state index contributed by atoms with van der Waals surface area (Å²) in [5.74, 6) is 0.942. The van der Waals surface area contributed by atoms with Crippen molar-refractivity contribution in [2.45, 2.75) is 20.3 Å². The summed E-state index contributed by atoms with van der Waals surface area (Å²) in [6.07, 6.45) is 4.54. The Bertz CT molecular complexity index is 775. The number of amides is 1. The van der Waals surface area contributed by atoms with Crippen molar-refractivity contribution >= 4 is 17.7 Å². The van der Waals surface area contributed by atoms with E-state index in [-0.39, 0.29) is 5.91 Å². The van der Waals surface area contributed by atoms with Gasteiger partial charge in [-0.1, -0.05) is 31.2 Å². The van der Waals surface area contributed by atoms with Crippen molar-refractivity contribution in [3.8, 4) is 5.75 Å². The molecular weight excluding hydrogens is 336 g/mol. The van der Waals surface area contributed by atoms with E-state index in [1.165, 1.54) is 11.3 Å². The second kappa shape index (κ2) is 9.26. The third-order valence-corrected chi connectivity index (χ3v) is 4.73. The topological polar surface area (TPSA) is 32.8 Å². The largest absolute Gasteiger partial charge is 0.494 e. The first kappa shape index (κ1) is 19.0. The smallest absolute Gasteiger partial charge is 0.246 e. The number of anilines is 1. The van der Waals surface area contributed by atoms with Gasteiger partial charge in [0.1, 0.15) is 5.75 Å². The summed E-state index contributed by atoms with van der Waals surface area (Å²) in [5, 5.41) is 0. The number of piperazine rings is 1. The molecule has 0 bridgehead atoms. The molecule has 4 nitrogen and oxygen atoms in total. The first-order chi connectivity index (χ1) is 13.2. The van der Waals surface area contributed by atoms with Gasteiger partial charge in [0.2, 0.25) is 5.91 Å². The van der Waals surface area contributed by atoms with E-state index in [9.17, 15) is 4.79 Å². The number of carbonyl (C=O) groups is 1. The molecule has 1 aliphatic heterocycles. The number of benzene rings is 2. The third kappa shape index (κ3) is 5.36. The molecular formula is C23H28N2O2. The predicted molar refractivity (Wildman–Crippen MR) is 111 cm³/mol. The highest BCUT2D eigenvalue weighted by Gasteiger charge is 2.19. The fraction of sp³-hybridized carbons (Fsp3) is 0.348. The van der Waals surface area contributed by atoms with Gasteiger partial charge in [0.25, 0.3) is 0 Å². The number of hydrogen-bond donors (Lipinski definition) is 0. The van der Waals surface area contributed by atoms with Gasteiger partial charge in [0.05, 0.1) is 6.61 Å². The monoisotopic (exact) mass is 364 g/mol. The number of nitrogens with zero attached hydrogens (tertiary/aromatic N) is 2. The van der Waals surface area contributed by atoms with Gasteiger partial charge in [-0.25, -0.2) is 0 Å². The van der Waals surface area contributed by atoms with Crippen molar-refractivity contribution in [1.29, 1.82) is 0 Å². The highest BCUT2D eigenvalue weighted by Crippen LogP contribution is 2.18. The van der Waals surface area contributed by atoms with E-state index in [1.807, 2.05) is 35.2 Å². The van der Waals surface area contributed by atoms with Crippen molar-refractivity contribution in [1.82, 2.24) is 4.90 Å². The zero-order valence-corrected chi connectivity index (χ0v) is 16.2. The van der Waals surface area contributed by atoms with Crippen LogP contribution in [-0.4, -0.2) is 43.6 Å². The second-order valence-electron chi connectivity index (χ2n) is 6.90. The van der Waals surface area contributed by atoms with Gasteiger partial charge in [-0.15, -0.1) is 0 Å². The van der Waals surface area contributed by atoms with Crippen LogP contribution in [0.1, 0.15) is 24.5 Å². The van der Waals surface area contributed by atoms with E-state index < -0.39 is 0 Å². The molecule has 0 saturated carbocycles. The molecule has 2 aromatic rings. The standard InChI is InChI=1S/C23H28N2O2/c1-3-17-27-22-10-7-20(8-11-22)9-12-23(26)25-15-13-24(14-16-25)21-6-4-5-19(2)18-21/h4-12,18H,3,13-17H2,1-2H3/b12-9+. The lowest BCUT2D eigenvalue weighted by Gasteiger charge is -2.35. The van der Waals surface area contributed by atoms with E-state index in [4.69, 9.17) is 4.74 Å². The van der Waals surface area contributed by atoms with Crippen LogP contribution in [0.3, 0.4) is 0 Å². The molecule has 0 aromatic heterocycles. The van der Waals surface area contributed by atoms with Crippen LogP contribution in [-0.2, 0) is 4.79 Å². The maximum atomic E-state index is 12.5. The van der Waals surface area contributed by atoms with E-state index >= 15 is 0 Å². The van der Waals surface area contributed by atoms with Gasteiger partial charge in [-0.3, -0.25) is 4.79 Å². The molecule has 2 aromatic carbocycles. The average molecular weight is 364 g/mol. The SMILES string of the molecule is CCCOc1ccc(/C=C/C(=O)N2CCN(c3cccc(C)c3)CC2)cc1. The number of carbonyl (C=O) groups excluding carboxylic acids is 1. The third-order valence-electron chi connectivity index (χ3n) is 4.73. The van der Waals surface area contributed by atoms with Crippen molar-refractivity contribution in [3.63, 3.8) is 0 Å². The Morgan fingerprint density at radius 2 is 1.81 bits per heavy atom. The molecule has 4 heteroatoms. The summed E-state index contributed by atoms with van der Waals surface area (Å²) in [6.45, 7) is 8.16. The van der Waals surface area contributed by atoms with E-state index in [1.54, 1.807) is 6.08 Å². The van der Waals surface area contributed by atoms with Crippen LogP contribution in [0.4, 0.5) is 5.69 Å². The lowest BCUT2D eigenvalue weighted by molar-refractivity contribution is -0.126. The molecule has 142 valence electrons. The molecule has 1 saturated heterocycles. The number of ether oxygens (including phenoxy) is 1. The van der Waals surface area contributed by atoms with Crippen LogP contribution in [0, 0.1) is 6.92 Å². The number of hydrogen-bond acceptors (Lipinski definition) is 3. The Morgan fingerprint density at radius 1 is 1.07 bits per heavy atom. The molecule has 1 fully saturated rings. The maximum absolute atomic E-state index is 12.5.